The molecule has 0 spiro atoms. The van der Waals surface area contributed by atoms with E-state index in [0.29, 0.717) is 6.61 Å². The Labute approximate surface area is 162 Å². The van der Waals surface area contributed by atoms with Crippen molar-refractivity contribution in [1.29, 1.82) is 0 Å². The number of hydrogen-bond donors (Lipinski definition) is 0. The SMILES string of the molecule is CCCCCCCCOc1cc2c(cc1OC)-c1nn[se]c1C(C)(C)O2. The van der Waals surface area contributed by atoms with Crippen LogP contribution in [-0.4, -0.2) is 37.6 Å². The van der Waals surface area contributed by atoms with E-state index in [-0.39, 0.29) is 20.3 Å². The molecule has 6 heteroatoms. The van der Waals surface area contributed by atoms with Crippen molar-refractivity contribution in [3.05, 3.63) is 16.6 Å². The molecule has 142 valence electrons. The number of benzene rings is 1. The van der Waals surface area contributed by atoms with Gasteiger partial charge in [0.1, 0.15) is 0 Å². The predicted octanol–water partition coefficient (Wildman–Crippen LogP) is 4.58. The average Bonchev–Trinajstić information content (AvgIpc) is 3.11. The van der Waals surface area contributed by atoms with Gasteiger partial charge in [0.05, 0.1) is 0 Å². The summed E-state index contributed by atoms with van der Waals surface area (Å²) in [6, 6.07) is 3.91. The molecule has 1 aromatic heterocycles. The number of fused-ring (bicyclic) bond motifs is 3. The van der Waals surface area contributed by atoms with Gasteiger partial charge in [-0.2, -0.15) is 0 Å². The topological polar surface area (TPSA) is 53.5 Å². The number of nitrogens with zero attached hydrogens (tertiary/aromatic N) is 2. The Balaban J connectivity index is 1.71. The Hall–Kier alpha value is -1.52. The van der Waals surface area contributed by atoms with Crippen molar-refractivity contribution in [2.24, 2.45) is 0 Å². The van der Waals surface area contributed by atoms with Crippen molar-refractivity contribution < 1.29 is 14.2 Å². The zero-order chi connectivity index (χ0) is 18.6. The van der Waals surface area contributed by atoms with Crippen LogP contribution in [0.3, 0.4) is 0 Å². The summed E-state index contributed by atoms with van der Waals surface area (Å²) < 4.78 is 23.2. The molecule has 1 aliphatic rings. The summed E-state index contributed by atoms with van der Waals surface area (Å²) in [6.07, 6.45) is 7.45. The molecule has 0 aliphatic carbocycles. The molecular formula is C20H28N2O3Se. The monoisotopic (exact) mass is 424 g/mol. The standard InChI is InChI=1S/C20H28N2O3Se/c1-5-6-7-8-9-10-11-24-17-13-15-14(12-16(17)23-4)18-19(26-22-21-18)20(2,3)25-15/h12-13H,5-11H2,1-4H3. The van der Waals surface area contributed by atoms with Crippen molar-refractivity contribution in [2.45, 2.75) is 64.9 Å². The van der Waals surface area contributed by atoms with Gasteiger partial charge in [0.15, 0.2) is 0 Å². The van der Waals surface area contributed by atoms with Gasteiger partial charge in [-0.25, -0.2) is 0 Å². The summed E-state index contributed by atoms with van der Waals surface area (Å²) in [5, 5.41) is 4.37. The molecule has 2 heterocycles. The van der Waals surface area contributed by atoms with Gasteiger partial charge in [0.2, 0.25) is 0 Å². The summed E-state index contributed by atoms with van der Waals surface area (Å²) >= 11 is 0.0106. The number of unbranched alkanes of at least 4 members (excludes halogenated alkanes) is 5. The van der Waals surface area contributed by atoms with E-state index < -0.39 is 0 Å². The van der Waals surface area contributed by atoms with Gasteiger partial charge in [-0.15, -0.1) is 0 Å². The molecule has 0 amide bonds. The molecule has 26 heavy (non-hydrogen) atoms. The zero-order valence-corrected chi connectivity index (χ0v) is 17.8. The number of rotatable bonds is 9. The van der Waals surface area contributed by atoms with Crippen LogP contribution in [0.2, 0.25) is 0 Å². The van der Waals surface area contributed by atoms with Crippen LogP contribution < -0.4 is 14.2 Å². The van der Waals surface area contributed by atoms with Gasteiger partial charge in [-0.1, -0.05) is 19.8 Å². The molecule has 2 aromatic rings. The van der Waals surface area contributed by atoms with Crippen molar-refractivity contribution in [1.82, 2.24) is 9.19 Å². The Morgan fingerprint density at radius 1 is 1.08 bits per heavy atom. The first-order chi connectivity index (χ1) is 12.6. The molecular weight excluding hydrogens is 395 g/mol. The molecule has 1 aromatic carbocycles. The minimum atomic E-state index is -0.378. The summed E-state index contributed by atoms with van der Waals surface area (Å²) in [6.45, 7) is 7.08. The van der Waals surface area contributed by atoms with E-state index in [1.54, 1.807) is 7.11 Å². The first-order valence-corrected chi connectivity index (χ1v) is 11.1. The first-order valence-electron chi connectivity index (χ1n) is 9.44. The molecule has 0 saturated heterocycles. The van der Waals surface area contributed by atoms with Gasteiger partial charge in [0.25, 0.3) is 0 Å². The van der Waals surface area contributed by atoms with Crippen LogP contribution in [0, 0.1) is 0 Å². The maximum absolute atomic E-state index is 6.25. The first kappa shape index (κ1) is 19.2. The molecule has 5 nitrogen and oxygen atoms in total. The fourth-order valence-corrected chi connectivity index (χ4v) is 4.71. The van der Waals surface area contributed by atoms with Crippen LogP contribution in [0.25, 0.3) is 11.3 Å². The fourth-order valence-electron chi connectivity index (χ4n) is 3.23. The van der Waals surface area contributed by atoms with E-state index in [1.807, 2.05) is 12.1 Å². The Kier molecular flexibility index (Phi) is 6.25. The van der Waals surface area contributed by atoms with Crippen LogP contribution in [0.5, 0.6) is 17.2 Å². The molecule has 3 rings (SSSR count). The van der Waals surface area contributed by atoms with E-state index >= 15 is 0 Å². The number of aromatic nitrogens is 2. The number of hydrogen-bond acceptors (Lipinski definition) is 5. The Bertz CT molecular complexity index is 743. The molecule has 0 radical (unpaired) electrons. The number of ether oxygens (including phenoxy) is 3. The molecule has 0 bridgehead atoms. The Morgan fingerprint density at radius 3 is 2.62 bits per heavy atom. The van der Waals surface area contributed by atoms with Crippen LogP contribution >= 0.6 is 0 Å². The zero-order valence-electron chi connectivity index (χ0n) is 16.1. The Morgan fingerprint density at radius 2 is 1.85 bits per heavy atom. The normalized spacial score (nSPS) is 14.3. The minimum absolute atomic E-state index is 0.0106. The van der Waals surface area contributed by atoms with E-state index in [0.717, 1.165) is 34.9 Å². The van der Waals surface area contributed by atoms with Crippen molar-refractivity contribution in [2.75, 3.05) is 13.7 Å². The summed E-state index contributed by atoms with van der Waals surface area (Å²) in [5.74, 6) is 2.25. The summed E-state index contributed by atoms with van der Waals surface area (Å²) in [7, 11) is 1.67. The maximum atomic E-state index is 6.25. The summed E-state index contributed by atoms with van der Waals surface area (Å²) in [5.41, 5.74) is 1.51. The van der Waals surface area contributed by atoms with E-state index in [9.17, 15) is 0 Å². The predicted molar refractivity (Wildman–Crippen MR) is 103 cm³/mol. The second-order valence-electron chi connectivity index (χ2n) is 7.18. The third-order valence-electron chi connectivity index (χ3n) is 4.68. The van der Waals surface area contributed by atoms with Gasteiger partial charge < -0.3 is 0 Å². The second-order valence-corrected chi connectivity index (χ2v) is 8.76. The third-order valence-corrected chi connectivity index (χ3v) is 6.84. The van der Waals surface area contributed by atoms with E-state index in [2.05, 4.69) is 30.0 Å². The van der Waals surface area contributed by atoms with Gasteiger partial charge in [-0.05, 0) is 0 Å². The van der Waals surface area contributed by atoms with Crippen molar-refractivity contribution in [3.63, 3.8) is 0 Å². The molecule has 0 N–H and O–H groups in total. The van der Waals surface area contributed by atoms with Gasteiger partial charge in [-0.3, -0.25) is 0 Å². The molecule has 0 fully saturated rings. The van der Waals surface area contributed by atoms with Crippen LogP contribution in [0.1, 0.15) is 63.7 Å². The fraction of sp³-hybridized carbons (Fsp3) is 0.600. The van der Waals surface area contributed by atoms with Crippen LogP contribution in [0.4, 0.5) is 0 Å². The molecule has 1 aliphatic heterocycles. The average molecular weight is 423 g/mol. The third kappa shape index (κ3) is 4.07. The van der Waals surface area contributed by atoms with Crippen LogP contribution in [0.15, 0.2) is 12.1 Å². The number of methoxy groups -OCH3 is 1. The van der Waals surface area contributed by atoms with Crippen molar-refractivity contribution >= 4 is 14.7 Å². The van der Waals surface area contributed by atoms with E-state index in [1.165, 1.54) is 36.5 Å². The molecule has 0 unspecified atom stereocenters. The van der Waals surface area contributed by atoms with E-state index in [4.69, 9.17) is 14.2 Å². The summed E-state index contributed by atoms with van der Waals surface area (Å²) in [4.78, 5) is 0. The van der Waals surface area contributed by atoms with Gasteiger partial charge >= 0.3 is 142 Å². The van der Waals surface area contributed by atoms with Crippen LogP contribution in [-0.2, 0) is 5.60 Å². The van der Waals surface area contributed by atoms with Gasteiger partial charge in [0, 0.05) is 0 Å². The molecule has 0 atom stereocenters. The second kappa shape index (κ2) is 8.45. The quantitative estimate of drug-likeness (QED) is 0.437. The van der Waals surface area contributed by atoms with Crippen molar-refractivity contribution in [3.8, 4) is 28.5 Å². The molecule has 0 saturated carbocycles.